The van der Waals surface area contributed by atoms with Gasteiger partial charge in [0.2, 0.25) is 0 Å². The first-order valence-electron chi connectivity index (χ1n) is 6.90. The summed E-state index contributed by atoms with van der Waals surface area (Å²) in [7, 11) is 0. The number of amides is 2. The van der Waals surface area contributed by atoms with Crippen molar-refractivity contribution < 1.29 is 14.7 Å². The van der Waals surface area contributed by atoms with E-state index in [-0.39, 0.29) is 18.0 Å². The molecule has 0 bridgehead atoms. The molecule has 3 N–H and O–H groups in total. The molecule has 0 aromatic carbocycles. The van der Waals surface area contributed by atoms with E-state index in [1.807, 2.05) is 16.9 Å². The molecule has 20 heavy (non-hydrogen) atoms. The summed E-state index contributed by atoms with van der Waals surface area (Å²) in [6.07, 6.45) is 6.30. The molecule has 0 radical (unpaired) electrons. The van der Waals surface area contributed by atoms with E-state index in [9.17, 15) is 9.59 Å². The van der Waals surface area contributed by atoms with Gasteiger partial charge in [-0.3, -0.25) is 9.48 Å². The SMILES string of the molecule is O=C(NCCCn1cccn1)NC1CCC(C(=O)O)C1. The van der Waals surface area contributed by atoms with Crippen LogP contribution in [-0.2, 0) is 11.3 Å². The quantitative estimate of drug-likeness (QED) is 0.672. The topological polar surface area (TPSA) is 96.3 Å². The molecule has 110 valence electrons. The Hall–Kier alpha value is -2.05. The fraction of sp³-hybridized carbons (Fsp3) is 0.615. The van der Waals surface area contributed by atoms with E-state index in [0.29, 0.717) is 19.4 Å². The van der Waals surface area contributed by atoms with Crippen molar-refractivity contribution in [2.45, 2.75) is 38.3 Å². The van der Waals surface area contributed by atoms with E-state index in [1.54, 1.807) is 6.20 Å². The van der Waals surface area contributed by atoms with Crippen LogP contribution >= 0.6 is 0 Å². The second kappa shape index (κ2) is 6.93. The van der Waals surface area contributed by atoms with Gasteiger partial charge in [-0.25, -0.2) is 4.79 Å². The molecule has 1 aliphatic carbocycles. The van der Waals surface area contributed by atoms with Crippen LogP contribution in [0.2, 0.25) is 0 Å². The lowest BCUT2D eigenvalue weighted by atomic mass is 10.1. The minimum Gasteiger partial charge on any atom is -0.481 e. The van der Waals surface area contributed by atoms with E-state index < -0.39 is 5.97 Å². The fourth-order valence-corrected chi connectivity index (χ4v) is 2.45. The molecule has 0 aliphatic heterocycles. The molecule has 2 atom stereocenters. The van der Waals surface area contributed by atoms with Gasteiger partial charge in [0.25, 0.3) is 0 Å². The van der Waals surface area contributed by atoms with Gasteiger partial charge in [0.05, 0.1) is 5.92 Å². The summed E-state index contributed by atoms with van der Waals surface area (Å²) >= 11 is 0. The molecule has 1 aromatic rings. The Kier molecular flexibility index (Phi) is 4.97. The Labute approximate surface area is 117 Å². The number of aromatic nitrogens is 2. The van der Waals surface area contributed by atoms with Gasteiger partial charge in [0.15, 0.2) is 0 Å². The maximum Gasteiger partial charge on any atom is 0.315 e. The number of aliphatic carboxylic acids is 1. The lowest BCUT2D eigenvalue weighted by Gasteiger charge is -2.13. The highest BCUT2D eigenvalue weighted by Gasteiger charge is 2.30. The van der Waals surface area contributed by atoms with E-state index in [1.165, 1.54) is 0 Å². The lowest BCUT2D eigenvalue weighted by Crippen LogP contribution is -2.41. The Morgan fingerprint density at radius 2 is 2.25 bits per heavy atom. The van der Waals surface area contributed by atoms with Crippen molar-refractivity contribution in [1.82, 2.24) is 20.4 Å². The number of aryl methyl sites for hydroxylation is 1. The number of urea groups is 1. The van der Waals surface area contributed by atoms with E-state index in [4.69, 9.17) is 5.11 Å². The van der Waals surface area contributed by atoms with Gasteiger partial charge in [0.1, 0.15) is 0 Å². The standard InChI is InChI=1S/C13H20N4O3/c18-12(19)10-3-4-11(9-10)16-13(20)14-5-1-7-17-8-2-6-15-17/h2,6,8,10-11H,1,3-5,7,9H2,(H,18,19)(H2,14,16,20). The van der Waals surface area contributed by atoms with Gasteiger partial charge >= 0.3 is 12.0 Å². The van der Waals surface area contributed by atoms with Gasteiger partial charge in [-0.05, 0) is 31.7 Å². The number of carbonyl (C=O) groups excluding carboxylic acids is 1. The van der Waals surface area contributed by atoms with Gasteiger partial charge in [0, 0.05) is 31.5 Å². The highest BCUT2D eigenvalue weighted by molar-refractivity contribution is 5.75. The highest BCUT2D eigenvalue weighted by atomic mass is 16.4. The first-order chi connectivity index (χ1) is 9.65. The van der Waals surface area contributed by atoms with Crippen LogP contribution in [0.3, 0.4) is 0 Å². The highest BCUT2D eigenvalue weighted by Crippen LogP contribution is 2.25. The molecule has 2 rings (SSSR count). The number of nitrogens with zero attached hydrogens (tertiary/aromatic N) is 2. The normalized spacial score (nSPS) is 21.6. The smallest absolute Gasteiger partial charge is 0.315 e. The van der Waals surface area contributed by atoms with Gasteiger partial charge in [-0.15, -0.1) is 0 Å². The molecule has 2 unspecified atom stereocenters. The third-order valence-corrected chi connectivity index (χ3v) is 3.53. The van der Waals surface area contributed by atoms with Crippen molar-refractivity contribution in [3.05, 3.63) is 18.5 Å². The second-order valence-electron chi connectivity index (χ2n) is 5.07. The molecule has 7 heteroatoms. The van der Waals surface area contributed by atoms with Crippen LogP contribution in [0.4, 0.5) is 4.79 Å². The van der Waals surface area contributed by atoms with Crippen molar-refractivity contribution in [1.29, 1.82) is 0 Å². The maximum absolute atomic E-state index is 11.6. The zero-order valence-electron chi connectivity index (χ0n) is 11.3. The Morgan fingerprint density at radius 1 is 1.40 bits per heavy atom. The summed E-state index contributed by atoms with van der Waals surface area (Å²) in [4.78, 5) is 22.5. The monoisotopic (exact) mass is 280 g/mol. The van der Waals surface area contributed by atoms with Crippen molar-refractivity contribution in [2.75, 3.05) is 6.54 Å². The number of nitrogens with one attached hydrogen (secondary N) is 2. The molecule has 0 spiro atoms. The van der Waals surface area contributed by atoms with Crippen LogP contribution in [0.15, 0.2) is 18.5 Å². The predicted molar refractivity (Wildman–Crippen MR) is 72.1 cm³/mol. The van der Waals surface area contributed by atoms with Crippen molar-refractivity contribution in [3.8, 4) is 0 Å². The molecule has 0 saturated heterocycles. The van der Waals surface area contributed by atoms with Gasteiger partial charge in [-0.2, -0.15) is 5.10 Å². The molecule has 7 nitrogen and oxygen atoms in total. The summed E-state index contributed by atoms with van der Waals surface area (Å²) in [6, 6.07) is 1.61. The van der Waals surface area contributed by atoms with Crippen molar-refractivity contribution in [2.24, 2.45) is 5.92 Å². The summed E-state index contributed by atoms with van der Waals surface area (Å²) in [5.74, 6) is -1.09. The van der Waals surface area contributed by atoms with Crippen LogP contribution < -0.4 is 10.6 Å². The zero-order chi connectivity index (χ0) is 14.4. The second-order valence-corrected chi connectivity index (χ2v) is 5.07. The largest absolute Gasteiger partial charge is 0.481 e. The first kappa shape index (κ1) is 14.4. The number of carbonyl (C=O) groups is 2. The maximum atomic E-state index is 11.6. The Morgan fingerprint density at radius 3 is 2.90 bits per heavy atom. The summed E-state index contributed by atoms with van der Waals surface area (Å²) in [6.45, 7) is 1.33. The third kappa shape index (κ3) is 4.25. The zero-order valence-corrected chi connectivity index (χ0v) is 11.3. The number of hydrogen-bond acceptors (Lipinski definition) is 3. The van der Waals surface area contributed by atoms with Gasteiger partial charge in [-0.1, -0.05) is 0 Å². The molecule has 1 saturated carbocycles. The third-order valence-electron chi connectivity index (χ3n) is 3.53. The molecule has 1 fully saturated rings. The first-order valence-corrected chi connectivity index (χ1v) is 6.90. The average Bonchev–Trinajstić information content (AvgIpc) is 3.05. The molecule has 1 aliphatic rings. The van der Waals surface area contributed by atoms with Crippen LogP contribution in [0, 0.1) is 5.92 Å². The van der Waals surface area contributed by atoms with Crippen LogP contribution in [-0.4, -0.2) is 39.5 Å². The Balaban J connectivity index is 1.58. The number of carboxylic acid groups (broad SMARTS) is 1. The minimum absolute atomic E-state index is 0.0257. The molecule has 1 aromatic heterocycles. The van der Waals surface area contributed by atoms with Crippen LogP contribution in [0.1, 0.15) is 25.7 Å². The van der Waals surface area contributed by atoms with Crippen LogP contribution in [0.25, 0.3) is 0 Å². The van der Waals surface area contributed by atoms with Crippen molar-refractivity contribution in [3.63, 3.8) is 0 Å². The number of hydrogen-bond donors (Lipinski definition) is 3. The number of rotatable bonds is 6. The van der Waals surface area contributed by atoms with E-state index >= 15 is 0 Å². The predicted octanol–water partition coefficient (Wildman–Crippen LogP) is 0.826. The summed E-state index contributed by atoms with van der Waals surface area (Å²) < 4.78 is 1.81. The Bertz CT molecular complexity index is 446. The molecule has 1 heterocycles. The number of carboxylic acids is 1. The lowest BCUT2D eigenvalue weighted by molar-refractivity contribution is -0.141. The minimum atomic E-state index is -0.770. The summed E-state index contributed by atoms with van der Waals surface area (Å²) in [5.41, 5.74) is 0. The van der Waals surface area contributed by atoms with Crippen molar-refractivity contribution >= 4 is 12.0 Å². The summed E-state index contributed by atoms with van der Waals surface area (Å²) in [5, 5.41) is 18.6. The fourth-order valence-electron chi connectivity index (χ4n) is 2.45. The van der Waals surface area contributed by atoms with E-state index in [2.05, 4.69) is 15.7 Å². The molecule has 2 amide bonds. The van der Waals surface area contributed by atoms with Gasteiger partial charge < -0.3 is 15.7 Å². The average molecular weight is 280 g/mol. The van der Waals surface area contributed by atoms with Crippen LogP contribution in [0.5, 0.6) is 0 Å². The molecular formula is C13H20N4O3. The van der Waals surface area contributed by atoms with E-state index in [0.717, 1.165) is 19.4 Å². The molecular weight excluding hydrogens is 260 g/mol.